The van der Waals surface area contributed by atoms with Crippen molar-refractivity contribution in [1.82, 2.24) is 5.32 Å². The Morgan fingerprint density at radius 3 is 2.74 bits per heavy atom. The molecule has 1 aromatic rings. The topological polar surface area (TPSA) is 55.1 Å². The standard InChI is InChI=1S/C15H21BrN2O/c1-2-5-13(17)14(19)18-10-15(8-9-15)11-6-3-4-7-12(11)16/h3-4,6-7,13H,2,5,8-10,17H2,1H3,(H,18,19). The number of hydrogen-bond donors (Lipinski definition) is 2. The summed E-state index contributed by atoms with van der Waals surface area (Å²) in [7, 11) is 0. The maximum Gasteiger partial charge on any atom is 0.236 e. The first-order chi connectivity index (χ1) is 9.09. The van der Waals surface area contributed by atoms with Crippen molar-refractivity contribution in [3.8, 4) is 0 Å². The monoisotopic (exact) mass is 324 g/mol. The molecule has 1 saturated carbocycles. The summed E-state index contributed by atoms with van der Waals surface area (Å²) < 4.78 is 1.12. The summed E-state index contributed by atoms with van der Waals surface area (Å²) in [6, 6.07) is 7.87. The number of carbonyl (C=O) groups excluding carboxylic acids is 1. The van der Waals surface area contributed by atoms with Crippen molar-refractivity contribution < 1.29 is 4.79 Å². The van der Waals surface area contributed by atoms with Crippen LogP contribution in [0.25, 0.3) is 0 Å². The molecule has 0 spiro atoms. The number of nitrogens with two attached hydrogens (primary N) is 1. The summed E-state index contributed by atoms with van der Waals surface area (Å²) in [5.74, 6) is -0.0276. The second-order valence-corrected chi connectivity index (χ2v) is 6.23. The van der Waals surface area contributed by atoms with Crippen LogP contribution in [0.2, 0.25) is 0 Å². The molecule has 0 heterocycles. The third kappa shape index (κ3) is 3.37. The number of amides is 1. The van der Waals surface area contributed by atoms with Crippen LogP contribution in [0.15, 0.2) is 28.7 Å². The highest BCUT2D eigenvalue weighted by Crippen LogP contribution is 2.49. The van der Waals surface area contributed by atoms with Crippen LogP contribution in [0.5, 0.6) is 0 Å². The normalized spacial score (nSPS) is 17.8. The highest BCUT2D eigenvalue weighted by molar-refractivity contribution is 9.10. The first kappa shape index (κ1) is 14.5. The first-order valence-corrected chi connectivity index (χ1v) is 7.67. The van der Waals surface area contributed by atoms with Gasteiger partial charge >= 0.3 is 0 Å². The number of nitrogens with one attached hydrogen (secondary N) is 1. The van der Waals surface area contributed by atoms with E-state index in [1.807, 2.05) is 19.1 Å². The molecule has 2 rings (SSSR count). The molecule has 1 atom stereocenters. The molecule has 0 radical (unpaired) electrons. The molecule has 0 aliphatic heterocycles. The Morgan fingerprint density at radius 1 is 1.47 bits per heavy atom. The van der Waals surface area contributed by atoms with E-state index in [4.69, 9.17) is 5.73 Å². The molecule has 3 N–H and O–H groups in total. The van der Waals surface area contributed by atoms with E-state index in [9.17, 15) is 4.79 Å². The van der Waals surface area contributed by atoms with Gasteiger partial charge in [0, 0.05) is 16.4 Å². The minimum absolute atomic E-state index is 0.0276. The van der Waals surface area contributed by atoms with Crippen molar-refractivity contribution in [3.63, 3.8) is 0 Å². The van der Waals surface area contributed by atoms with Crippen LogP contribution in [0.4, 0.5) is 0 Å². The molecular formula is C15H21BrN2O. The second-order valence-electron chi connectivity index (χ2n) is 5.37. The summed E-state index contributed by atoms with van der Waals surface area (Å²) in [6.45, 7) is 2.72. The molecule has 1 fully saturated rings. The van der Waals surface area contributed by atoms with E-state index in [1.54, 1.807) is 0 Å². The number of carbonyl (C=O) groups is 1. The third-order valence-electron chi connectivity index (χ3n) is 3.84. The molecule has 1 aliphatic rings. The molecule has 0 bridgehead atoms. The van der Waals surface area contributed by atoms with Gasteiger partial charge in [0.15, 0.2) is 0 Å². The average molecular weight is 325 g/mol. The fourth-order valence-corrected chi connectivity index (χ4v) is 3.12. The van der Waals surface area contributed by atoms with Crippen LogP contribution in [0, 0.1) is 0 Å². The van der Waals surface area contributed by atoms with Gasteiger partial charge in [-0.15, -0.1) is 0 Å². The largest absolute Gasteiger partial charge is 0.354 e. The smallest absolute Gasteiger partial charge is 0.236 e. The van der Waals surface area contributed by atoms with Crippen molar-refractivity contribution in [2.75, 3.05) is 6.54 Å². The molecule has 104 valence electrons. The van der Waals surface area contributed by atoms with Crippen LogP contribution in [-0.2, 0) is 10.2 Å². The number of benzene rings is 1. The zero-order valence-electron chi connectivity index (χ0n) is 11.3. The predicted octanol–water partition coefficient (Wildman–Crippen LogP) is 2.72. The fourth-order valence-electron chi connectivity index (χ4n) is 2.41. The van der Waals surface area contributed by atoms with Crippen LogP contribution < -0.4 is 11.1 Å². The van der Waals surface area contributed by atoms with Gasteiger partial charge in [-0.2, -0.15) is 0 Å². The van der Waals surface area contributed by atoms with Gasteiger partial charge in [0.25, 0.3) is 0 Å². The van der Waals surface area contributed by atoms with Gasteiger partial charge in [-0.1, -0.05) is 47.5 Å². The fraction of sp³-hybridized carbons (Fsp3) is 0.533. The highest BCUT2D eigenvalue weighted by Gasteiger charge is 2.45. The lowest BCUT2D eigenvalue weighted by Crippen LogP contribution is -2.43. The van der Waals surface area contributed by atoms with Gasteiger partial charge in [0.1, 0.15) is 0 Å². The lowest BCUT2D eigenvalue weighted by Gasteiger charge is -2.19. The summed E-state index contributed by atoms with van der Waals surface area (Å²) in [5.41, 5.74) is 7.23. The molecule has 1 amide bonds. The quantitative estimate of drug-likeness (QED) is 0.845. The Hall–Kier alpha value is -0.870. The Bertz CT molecular complexity index is 457. The minimum Gasteiger partial charge on any atom is -0.354 e. The van der Waals surface area contributed by atoms with E-state index < -0.39 is 0 Å². The van der Waals surface area contributed by atoms with Crippen molar-refractivity contribution >= 4 is 21.8 Å². The maximum atomic E-state index is 11.9. The van der Waals surface area contributed by atoms with Gasteiger partial charge in [0.2, 0.25) is 5.91 Å². The second kappa shape index (κ2) is 6.06. The summed E-state index contributed by atoms with van der Waals surface area (Å²) in [4.78, 5) is 11.9. The number of halogens is 1. The average Bonchev–Trinajstić information content (AvgIpc) is 3.18. The first-order valence-electron chi connectivity index (χ1n) is 6.87. The molecule has 19 heavy (non-hydrogen) atoms. The van der Waals surface area contributed by atoms with Crippen molar-refractivity contribution in [2.24, 2.45) is 5.73 Å². The summed E-state index contributed by atoms with van der Waals surface area (Å²) in [6.07, 6.45) is 3.93. The third-order valence-corrected chi connectivity index (χ3v) is 4.53. The minimum atomic E-state index is -0.375. The Kier molecular flexibility index (Phi) is 4.63. The Labute approximate surface area is 123 Å². The Morgan fingerprint density at radius 2 is 2.16 bits per heavy atom. The van der Waals surface area contributed by atoms with Gasteiger partial charge in [0.05, 0.1) is 6.04 Å². The van der Waals surface area contributed by atoms with E-state index in [1.165, 1.54) is 5.56 Å². The highest BCUT2D eigenvalue weighted by atomic mass is 79.9. The van der Waals surface area contributed by atoms with Crippen molar-refractivity contribution in [1.29, 1.82) is 0 Å². The molecule has 0 saturated heterocycles. The van der Waals surface area contributed by atoms with Crippen molar-refractivity contribution in [2.45, 2.75) is 44.1 Å². The Balaban J connectivity index is 1.96. The van der Waals surface area contributed by atoms with Gasteiger partial charge < -0.3 is 11.1 Å². The van der Waals surface area contributed by atoms with Crippen LogP contribution in [0.3, 0.4) is 0 Å². The molecule has 1 unspecified atom stereocenters. The van der Waals surface area contributed by atoms with Crippen molar-refractivity contribution in [3.05, 3.63) is 34.3 Å². The van der Waals surface area contributed by atoms with Gasteiger partial charge in [-0.3, -0.25) is 4.79 Å². The molecule has 3 nitrogen and oxygen atoms in total. The lowest BCUT2D eigenvalue weighted by molar-refractivity contribution is -0.122. The van der Waals surface area contributed by atoms with E-state index >= 15 is 0 Å². The zero-order chi connectivity index (χ0) is 13.9. The number of rotatable bonds is 6. The molecule has 1 aromatic carbocycles. The van der Waals surface area contributed by atoms with E-state index in [-0.39, 0.29) is 17.4 Å². The molecule has 4 heteroatoms. The maximum absolute atomic E-state index is 11.9. The van der Waals surface area contributed by atoms with Crippen LogP contribution >= 0.6 is 15.9 Å². The van der Waals surface area contributed by atoms with Crippen LogP contribution in [-0.4, -0.2) is 18.5 Å². The predicted molar refractivity (Wildman–Crippen MR) is 80.9 cm³/mol. The van der Waals surface area contributed by atoms with E-state index in [0.29, 0.717) is 6.54 Å². The summed E-state index contributed by atoms with van der Waals surface area (Å²) in [5, 5.41) is 3.01. The number of hydrogen-bond acceptors (Lipinski definition) is 2. The molecule has 0 aromatic heterocycles. The van der Waals surface area contributed by atoms with Gasteiger partial charge in [-0.25, -0.2) is 0 Å². The van der Waals surface area contributed by atoms with Crippen LogP contribution in [0.1, 0.15) is 38.2 Å². The zero-order valence-corrected chi connectivity index (χ0v) is 12.9. The van der Waals surface area contributed by atoms with E-state index in [2.05, 4.69) is 33.4 Å². The lowest BCUT2D eigenvalue weighted by atomic mass is 9.96. The molecule has 1 aliphatic carbocycles. The summed E-state index contributed by atoms with van der Waals surface area (Å²) >= 11 is 3.60. The van der Waals surface area contributed by atoms with Gasteiger partial charge in [-0.05, 0) is 30.9 Å². The van der Waals surface area contributed by atoms with E-state index in [0.717, 1.165) is 30.2 Å². The SMILES string of the molecule is CCCC(N)C(=O)NCC1(c2ccccc2Br)CC1. The molecular weight excluding hydrogens is 304 g/mol.